The smallest absolute Gasteiger partial charge is 0.267 e. The summed E-state index contributed by atoms with van der Waals surface area (Å²) in [6, 6.07) is 5.56. The fraction of sp³-hybridized carbons (Fsp3) is 0.462. The molecule has 1 N–H and O–H groups in total. The highest BCUT2D eigenvalue weighted by molar-refractivity contribution is 5.99. The lowest BCUT2D eigenvalue weighted by molar-refractivity contribution is -0.125. The number of amides is 1. The summed E-state index contributed by atoms with van der Waals surface area (Å²) in [4.78, 5) is 13.4. The molecule has 1 aromatic rings. The van der Waals surface area contributed by atoms with Crippen molar-refractivity contribution in [1.82, 2.24) is 0 Å². The quantitative estimate of drug-likeness (QED) is 0.798. The number of carbonyl (C=O) groups excluding carboxylic acids is 1. The van der Waals surface area contributed by atoms with E-state index in [1.807, 2.05) is 18.2 Å². The molecule has 4 nitrogen and oxygen atoms in total. The van der Waals surface area contributed by atoms with Gasteiger partial charge < -0.3 is 14.7 Å². The van der Waals surface area contributed by atoms with Crippen molar-refractivity contribution in [3.05, 3.63) is 23.8 Å². The first-order valence-electron chi connectivity index (χ1n) is 5.82. The zero-order valence-corrected chi connectivity index (χ0v) is 9.93. The SMILES string of the molecule is CC1Oc2ccc(C3(O)CC3)cc2N(C)C1=O. The summed E-state index contributed by atoms with van der Waals surface area (Å²) in [5.41, 5.74) is 0.933. The van der Waals surface area contributed by atoms with Crippen LogP contribution in [-0.2, 0) is 10.4 Å². The lowest BCUT2D eigenvalue weighted by atomic mass is 10.0. The summed E-state index contributed by atoms with van der Waals surface area (Å²) >= 11 is 0. The van der Waals surface area contributed by atoms with Gasteiger partial charge in [-0.3, -0.25) is 4.79 Å². The Morgan fingerprint density at radius 3 is 2.82 bits per heavy atom. The van der Waals surface area contributed by atoms with Gasteiger partial charge in [0.15, 0.2) is 6.10 Å². The van der Waals surface area contributed by atoms with E-state index in [1.165, 1.54) is 0 Å². The number of fused-ring (bicyclic) bond motifs is 1. The van der Waals surface area contributed by atoms with Crippen molar-refractivity contribution in [2.24, 2.45) is 0 Å². The highest BCUT2D eigenvalue weighted by Gasteiger charge is 2.43. The Balaban J connectivity index is 2.05. The van der Waals surface area contributed by atoms with Gasteiger partial charge in [0.05, 0.1) is 11.3 Å². The lowest BCUT2D eigenvalue weighted by Gasteiger charge is -2.31. The van der Waals surface area contributed by atoms with Gasteiger partial charge in [-0.25, -0.2) is 0 Å². The van der Waals surface area contributed by atoms with E-state index in [2.05, 4.69) is 0 Å². The first-order valence-corrected chi connectivity index (χ1v) is 5.82. The molecule has 1 saturated carbocycles. The predicted molar refractivity (Wildman–Crippen MR) is 63.1 cm³/mol. The van der Waals surface area contributed by atoms with Crippen LogP contribution in [0.2, 0.25) is 0 Å². The molecular formula is C13H15NO3. The van der Waals surface area contributed by atoms with Crippen LogP contribution in [0.5, 0.6) is 5.75 Å². The maximum atomic E-state index is 11.8. The minimum atomic E-state index is -0.679. The van der Waals surface area contributed by atoms with Gasteiger partial charge in [0.2, 0.25) is 0 Å². The maximum absolute atomic E-state index is 11.8. The number of hydrogen-bond acceptors (Lipinski definition) is 3. The van der Waals surface area contributed by atoms with Gasteiger partial charge >= 0.3 is 0 Å². The Kier molecular flexibility index (Phi) is 2.01. The average Bonchev–Trinajstić information content (AvgIpc) is 3.05. The molecule has 1 amide bonds. The van der Waals surface area contributed by atoms with E-state index in [9.17, 15) is 9.90 Å². The number of nitrogens with zero attached hydrogens (tertiary/aromatic N) is 1. The van der Waals surface area contributed by atoms with Crippen LogP contribution in [0.4, 0.5) is 5.69 Å². The summed E-state index contributed by atoms with van der Waals surface area (Å²) in [5, 5.41) is 10.1. The summed E-state index contributed by atoms with van der Waals surface area (Å²) in [6.07, 6.45) is 1.14. The van der Waals surface area contributed by atoms with Gasteiger partial charge in [-0.05, 0) is 37.5 Å². The number of ether oxygens (including phenoxy) is 1. The second-order valence-corrected chi connectivity index (χ2v) is 4.87. The second kappa shape index (κ2) is 3.23. The number of aliphatic hydroxyl groups is 1. The Labute approximate surface area is 99.8 Å². The number of likely N-dealkylation sites (N-methyl/N-ethyl adjacent to an activating group) is 1. The molecule has 0 saturated heterocycles. The van der Waals surface area contributed by atoms with Gasteiger partial charge in [0.1, 0.15) is 5.75 Å². The zero-order valence-electron chi connectivity index (χ0n) is 9.93. The largest absolute Gasteiger partial charge is 0.479 e. The maximum Gasteiger partial charge on any atom is 0.267 e. The average molecular weight is 233 g/mol. The van der Waals surface area contributed by atoms with Crippen LogP contribution in [0, 0.1) is 0 Å². The molecule has 0 bridgehead atoms. The van der Waals surface area contributed by atoms with Crippen LogP contribution in [0.3, 0.4) is 0 Å². The summed E-state index contributed by atoms with van der Waals surface area (Å²) in [7, 11) is 1.74. The fourth-order valence-electron chi connectivity index (χ4n) is 2.21. The molecule has 1 aromatic carbocycles. The van der Waals surface area contributed by atoms with Crippen LogP contribution in [0.15, 0.2) is 18.2 Å². The minimum absolute atomic E-state index is 0.0579. The molecule has 2 aliphatic rings. The topological polar surface area (TPSA) is 49.8 Å². The fourth-order valence-corrected chi connectivity index (χ4v) is 2.21. The Morgan fingerprint density at radius 2 is 2.18 bits per heavy atom. The molecule has 1 atom stereocenters. The van der Waals surface area contributed by atoms with Crippen LogP contribution in [-0.4, -0.2) is 24.2 Å². The monoisotopic (exact) mass is 233 g/mol. The Bertz CT molecular complexity index is 493. The van der Waals surface area contributed by atoms with Crippen molar-refractivity contribution in [1.29, 1.82) is 0 Å². The molecule has 3 rings (SSSR count). The number of carbonyl (C=O) groups is 1. The number of benzene rings is 1. The highest BCUT2D eigenvalue weighted by Crippen LogP contribution is 2.47. The van der Waals surface area contributed by atoms with E-state index in [1.54, 1.807) is 18.9 Å². The summed E-state index contributed by atoms with van der Waals surface area (Å²) < 4.78 is 5.53. The van der Waals surface area contributed by atoms with E-state index in [0.717, 1.165) is 24.1 Å². The predicted octanol–water partition coefficient (Wildman–Crippen LogP) is 1.41. The van der Waals surface area contributed by atoms with Gasteiger partial charge in [-0.15, -0.1) is 0 Å². The molecule has 1 aliphatic carbocycles. The van der Waals surface area contributed by atoms with Crippen molar-refractivity contribution in [3.8, 4) is 5.75 Å². The lowest BCUT2D eigenvalue weighted by Crippen LogP contribution is -2.42. The third-order valence-electron chi connectivity index (χ3n) is 3.56. The molecule has 1 aliphatic heterocycles. The van der Waals surface area contributed by atoms with Gasteiger partial charge in [0.25, 0.3) is 5.91 Å². The molecule has 4 heteroatoms. The first kappa shape index (κ1) is 10.6. The Morgan fingerprint density at radius 1 is 1.47 bits per heavy atom. The number of hydrogen-bond donors (Lipinski definition) is 1. The third kappa shape index (κ3) is 1.52. The molecule has 0 radical (unpaired) electrons. The highest BCUT2D eigenvalue weighted by atomic mass is 16.5. The first-order chi connectivity index (χ1) is 8.01. The molecule has 17 heavy (non-hydrogen) atoms. The molecule has 90 valence electrons. The molecule has 1 heterocycles. The minimum Gasteiger partial charge on any atom is -0.479 e. The van der Waals surface area contributed by atoms with E-state index in [4.69, 9.17) is 4.74 Å². The number of rotatable bonds is 1. The van der Waals surface area contributed by atoms with E-state index < -0.39 is 11.7 Å². The third-order valence-corrected chi connectivity index (χ3v) is 3.56. The molecular weight excluding hydrogens is 218 g/mol. The van der Waals surface area contributed by atoms with Crippen LogP contribution in [0.1, 0.15) is 25.3 Å². The second-order valence-electron chi connectivity index (χ2n) is 4.87. The molecule has 1 fully saturated rings. The van der Waals surface area contributed by atoms with Crippen molar-refractivity contribution in [3.63, 3.8) is 0 Å². The molecule has 1 unspecified atom stereocenters. The van der Waals surface area contributed by atoms with Crippen LogP contribution < -0.4 is 9.64 Å². The molecule has 0 spiro atoms. The van der Waals surface area contributed by atoms with Crippen molar-refractivity contribution < 1.29 is 14.6 Å². The van der Waals surface area contributed by atoms with Crippen molar-refractivity contribution in [2.45, 2.75) is 31.5 Å². The van der Waals surface area contributed by atoms with Gasteiger partial charge in [-0.2, -0.15) is 0 Å². The van der Waals surface area contributed by atoms with E-state index >= 15 is 0 Å². The van der Waals surface area contributed by atoms with Gasteiger partial charge in [-0.1, -0.05) is 6.07 Å². The van der Waals surface area contributed by atoms with Crippen molar-refractivity contribution >= 4 is 11.6 Å². The van der Waals surface area contributed by atoms with Gasteiger partial charge in [0, 0.05) is 7.05 Å². The normalized spacial score (nSPS) is 25.2. The van der Waals surface area contributed by atoms with E-state index in [-0.39, 0.29) is 5.91 Å². The summed E-state index contributed by atoms with van der Waals surface area (Å²) in [6.45, 7) is 1.74. The number of anilines is 1. The van der Waals surface area contributed by atoms with Crippen LogP contribution >= 0.6 is 0 Å². The standard InChI is InChI=1S/C13H15NO3/c1-8-12(15)14(2)10-7-9(13(16)5-6-13)3-4-11(10)17-8/h3-4,7-8,16H,5-6H2,1-2H3. The van der Waals surface area contributed by atoms with Crippen LogP contribution in [0.25, 0.3) is 0 Å². The molecule has 0 aromatic heterocycles. The van der Waals surface area contributed by atoms with E-state index in [0.29, 0.717) is 5.75 Å². The Hall–Kier alpha value is -1.55. The van der Waals surface area contributed by atoms with Crippen molar-refractivity contribution in [2.75, 3.05) is 11.9 Å². The zero-order chi connectivity index (χ0) is 12.2. The summed E-state index contributed by atoms with van der Waals surface area (Å²) in [5.74, 6) is 0.644.